The van der Waals surface area contributed by atoms with Crippen molar-refractivity contribution in [1.29, 1.82) is 0 Å². The number of carbonyl (C=O) groups is 2. The minimum Gasteiger partial charge on any atom is -0.481 e. The van der Waals surface area contributed by atoms with Gasteiger partial charge in [-0.05, 0) is 43.5 Å². The molecule has 1 rings (SSSR count). The van der Waals surface area contributed by atoms with Crippen LogP contribution in [0.2, 0.25) is 0 Å². The molecule has 0 aromatic heterocycles. The predicted octanol–water partition coefficient (Wildman–Crippen LogP) is 1.95. The summed E-state index contributed by atoms with van der Waals surface area (Å²) in [6.07, 6.45) is 4.43. The van der Waals surface area contributed by atoms with Crippen LogP contribution in [-0.2, 0) is 11.2 Å². The first kappa shape index (κ1) is 17.2. The van der Waals surface area contributed by atoms with E-state index in [1.807, 2.05) is 24.3 Å². The number of nitrogens with two attached hydrogens (primary N) is 1. The molecule has 1 amide bonds. The summed E-state index contributed by atoms with van der Waals surface area (Å²) in [6, 6.07) is 7.47. The van der Waals surface area contributed by atoms with Crippen LogP contribution >= 0.6 is 0 Å². The summed E-state index contributed by atoms with van der Waals surface area (Å²) in [4.78, 5) is 22.2. The number of benzene rings is 1. The fourth-order valence-corrected chi connectivity index (χ4v) is 2.05. The third kappa shape index (κ3) is 7.46. The Morgan fingerprint density at radius 2 is 1.71 bits per heavy atom. The van der Waals surface area contributed by atoms with Crippen LogP contribution in [0, 0.1) is 0 Å². The number of carbonyl (C=O) groups excluding carboxylic acids is 1. The number of hydrogen-bond donors (Lipinski definition) is 3. The van der Waals surface area contributed by atoms with Crippen LogP contribution in [0.15, 0.2) is 24.3 Å². The predicted molar refractivity (Wildman–Crippen MR) is 82.3 cm³/mol. The van der Waals surface area contributed by atoms with E-state index in [4.69, 9.17) is 10.8 Å². The quantitative estimate of drug-likeness (QED) is 0.575. The van der Waals surface area contributed by atoms with E-state index in [0.717, 1.165) is 31.2 Å². The minimum absolute atomic E-state index is 0.0696. The summed E-state index contributed by atoms with van der Waals surface area (Å²) in [5.74, 6) is -0.818. The molecule has 0 aliphatic carbocycles. The van der Waals surface area contributed by atoms with Crippen molar-refractivity contribution < 1.29 is 14.7 Å². The Morgan fingerprint density at radius 1 is 1.05 bits per heavy atom. The van der Waals surface area contributed by atoms with E-state index in [1.165, 1.54) is 0 Å². The summed E-state index contributed by atoms with van der Waals surface area (Å²) < 4.78 is 0. The second kappa shape index (κ2) is 9.94. The molecule has 0 bridgehead atoms. The molecule has 0 aliphatic heterocycles. The van der Waals surface area contributed by atoms with E-state index >= 15 is 0 Å². The van der Waals surface area contributed by atoms with Crippen molar-refractivity contribution in [2.75, 3.05) is 13.1 Å². The summed E-state index contributed by atoms with van der Waals surface area (Å²) >= 11 is 0. The van der Waals surface area contributed by atoms with Crippen molar-refractivity contribution in [1.82, 2.24) is 5.32 Å². The van der Waals surface area contributed by atoms with Gasteiger partial charge in [-0.15, -0.1) is 0 Å². The molecule has 5 heteroatoms. The Bertz CT molecular complexity index is 443. The number of hydrogen-bond acceptors (Lipinski definition) is 3. The first-order chi connectivity index (χ1) is 10.1. The zero-order valence-corrected chi connectivity index (χ0v) is 12.3. The molecule has 0 radical (unpaired) electrons. The molecule has 0 saturated carbocycles. The number of nitrogens with one attached hydrogen (secondary N) is 1. The van der Waals surface area contributed by atoms with Gasteiger partial charge in [-0.2, -0.15) is 0 Å². The summed E-state index contributed by atoms with van der Waals surface area (Å²) in [5.41, 5.74) is 7.27. The molecular weight excluding hydrogens is 268 g/mol. The first-order valence-corrected chi connectivity index (χ1v) is 7.42. The van der Waals surface area contributed by atoms with Crippen LogP contribution < -0.4 is 11.1 Å². The largest absolute Gasteiger partial charge is 0.481 e. The minimum atomic E-state index is -0.749. The number of rotatable bonds is 10. The van der Waals surface area contributed by atoms with Crippen LogP contribution in [0.1, 0.15) is 48.0 Å². The fraction of sp³-hybridized carbons (Fsp3) is 0.500. The number of carboxylic acids is 1. The van der Waals surface area contributed by atoms with Gasteiger partial charge in [0.15, 0.2) is 0 Å². The molecule has 116 valence electrons. The van der Waals surface area contributed by atoms with Gasteiger partial charge in [0.25, 0.3) is 5.91 Å². The average molecular weight is 292 g/mol. The highest BCUT2D eigenvalue weighted by atomic mass is 16.4. The van der Waals surface area contributed by atoms with Crippen LogP contribution in [-0.4, -0.2) is 30.1 Å². The second-order valence-corrected chi connectivity index (χ2v) is 5.05. The number of unbranched alkanes of at least 4 members (excludes halogenated alkanes) is 3. The Labute approximate surface area is 125 Å². The van der Waals surface area contributed by atoms with Gasteiger partial charge in [-0.3, -0.25) is 9.59 Å². The van der Waals surface area contributed by atoms with Gasteiger partial charge in [0, 0.05) is 18.5 Å². The van der Waals surface area contributed by atoms with E-state index in [0.29, 0.717) is 25.1 Å². The SMILES string of the molecule is NCCc1ccc(C(=O)NCCCCCCC(=O)O)cc1. The van der Waals surface area contributed by atoms with Crippen molar-refractivity contribution in [3.05, 3.63) is 35.4 Å². The van der Waals surface area contributed by atoms with Gasteiger partial charge in [-0.1, -0.05) is 25.0 Å². The lowest BCUT2D eigenvalue weighted by molar-refractivity contribution is -0.137. The lowest BCUT2D eigenvalue weighted by atomic mass is 10.1. The van der Waals surface area contributed by atoms with Crippen LogP contribution in [0.5, 0.6) is 0 Å². The van der Waals surface area contributed by atoms with E-state index < -0.39 is 5.97 Å². The zero-order chi connectivity index (χ0) is 15.5. The molecule has 0 aliphatic rings. The van der Waals surface area contributed by atoms with E-state index in [9.17, 15) is 9.59 Å². The molecule has 0 heterocycles. The maximum absolute atomic E-state index is 11.9. The monoisotopic (exact) mass is 292 g/mol. The molecule has 0 spiro atoms. The number of amides is 1. The molecule has 5 nitrogen and oxygen atoms in total. The lowest BCUT2D eigenvalue weighted by Crippen LogP contribution is -2.24. The van der Waals surface area contributed by atoms with Crippen molar-refractivity contribution in [3.63, 3.8) is 0 Å². The van der Waals surface area contributed by atoms with Crippen molar-refractivity contribution >= 4 is 11.9 Å². The second-order valence-electron chi connectivity index (χ2n) is 5.05. The van der Waals surface area contributed by atoms with Gasteiger partial charge in [0.1, 0.15) is 0 Å². The number of carboxylic acid groups (broad SMARTS) is 1. The third-order valence-electron chi connectivity index (χ3n) is 3.25. The average Bonchev–Trinajstić information content (AvgIpc) is 2.47. The standard InChI is InChI=1S/C16H24N2O3/c17-11-10-13-6-8-14(9-7-13)16(21)18-12-4-2-1-3-5-15(19)20/h6-9H,1-5,10-12,17H2,(H,18,21)(H,19,20). The lowest BCUT2D eigenvalue weighted by Gasteiger charge is -2.06. The van der Waals surface area contributed by atoms with Crippen LogP contribution in [0.3, 0.4) is 0 Å². The topological polar surface area (TPSA) is 92.4 Å². The van der Waals surface area contributed by atoms with Crippen molar-refractivity contribution in [3.8, 4) is 0 Å². The summed E-state index contributed by atoms with van der Waals surface area (Å²) in [5, 5.41) is 11.4. The Morgan fingerprint density at radius 3 is 2.33 bits per heavy atom. The normalized spacial score (nSPS) is 10.3. The van der Waals surface area contributed by atoms with Gasteiger partial charge in [0.2, 0.25) is 0 Å². The zero-order valence-electron chi connectivity index (χ0n) is 12.3. The van der Waals surface area contributed by atoms with E-state index in [-0.39, 0.29) is 12.3 Å². The van der Waals surface area contributed by atoms with Gasteiger partial charge in [0.05, 0.1) is 0 Å². The van der Waals surface area contributed by atoms with E-state index in [2.05, 4.69) is 5.32 Å². The molecule has 21 heavy (non-hydrogen) atoms. The van der Waals surface area contributed by atoms with Crippen molar-refractivity contribution in [2.24, 2.45) is 5.73 Å². The fourth-order valence-electron chi connectivity index (χ4n) is 2.05. The summed E-state index contributed by atoms with van der Waals surface area (Å²) in [6.45, 7) is 1.23. The Kier molecular flexibility index (Phi) is 8.12. The van der Waals surface area contributed by atoms with Crippen LogP contribution in [0.4, 0.5) is 0 Å². The van der Waals surface area contributed by atoms with E-state index in [1.54, 1.807) is 0 Å². The van der Waals surface area contributed by atoms with Gasteiger partial charge < -0.3 is 16.2 Å². The molecule has 0 unspecified atom stereocenters. The molecule has 0 fully saturated rings. The molecule has 0 saturated heterocycles. The Hall–Kier alpha value is -1.88. The van der Waals surface area contributed by atoms with Gasteiger partial charge in [-0.25, -0.2) is 0 Å². The highest BCUT2D eigenvalue weighted by Crippen LogP contribution is 2.05. The Balaban J connectivity index is 2.17. The van der Waals surface area contributed by atoms with Crippen molar-refractivity contribution in [2.45, 2.75) is 38.5 Å². The van der Waals surface area contributed by atoms with Gasteiger partial charge >= 0.3 is 5.97 Å². The molecule has 1 aromatic carbocycles. The highest BCUT2D eigenvalue weighted by molar-refractivity contribution is 5.94. The molecule has 1 aromatic rings. The summed E-state index contributed by atoms with van der Waals surface area (Å²) in [7, 11) is 0. The number of aliphatic carboxylic acids is 1. The maximum Gasteiger partial charge on any atom is 0.303 e. The highest BCUT2D eigenvalue weighted by Gasteiger charge is 2.04. The van der Waals surface area contributed by atoms with Crippen LogP contribution in [0.25, 0.3) is 0 Å². The molecule has 4 N–H and O–H groups in total. The smallest absolute Gasteiger partial charge is 0.303 e. The third-order valence-corrected chi connectivity index (χ3v) is 3.25. The molecule has 0 atom stereocenters. The first-order valence-electron chi connectivity index (χ1n) is 7.42. The maximum atomic E-state index is 11.9. The molecular formula is C16H24N2O3.